The molecule has 2 aliphatic rings. The number of aryl methyl sites for hydroxylation is 1. The standard InChI is InChI=1S/C20H28N4O/c1-3-24-10-8-20(9-11-24)12-18(17-6-4-5-7-19(17)25-20)22-14-16-13-21-15-23(16)2/h4-7,13,15,18,22H,3,8-12,14H2,1-2H3/t18-/m1/s1. The van der Waals surface area contributed by atoms with Gasteiger partial charge < -0.3 is 19.5 Å². The Hall–Kier alpha value is -1.85. The summed E-state index contributed by atoms with van der Waals surface area (Å²) >= 11 is 0. The molecule has 1 aromatic carbocycles. The van der Waals surface area contributed by atoms with Crippen LogP contribution in [0, 0.1) is 0 Å². The van der Waals surface area contributed by atoms with Gasteiger partial charge in [-0.2, -0.15) is 0 Å². The largest absolute Gasteiger partial charge is 0.487 e. The van der Waals surface area contributed by atoms with Crippen LogP contribution in [0.15, 0.2) is 36.8 Å². The van der Waals surface area contributed by atoms with Gasteiger partial charge in [0, 0.05) is 50.9 Å². The van der Waals surface area contributed by atoms with Gasteiger partial charge in [-0.3, -0.25) is 0 Å². The van der Waals surface area contributed by atoms with Crippen LogP contribution in [0.5, 0.6) is 5.75 Å². The number of para-hydroxylation sites is 1. The van der Waals surface area contributed by atoms with Crippen LogP contribution in [0.25, 0.3) is 0 Å². The first-order valence-electron chi connectivity index (χ1n) is 9.38. The van der Waals surface area contributed by atoms with Gasteiger partial charge in [0.25, 0.3) is 0 Å². The number of likely N-dealkylation sites (tertiary alicyclic amines) is 1. The lowest BCUT2D eigenvalue weighted by Gasteiger charge is -2.47. The molecule has 0 saturated carbocycles. The fourth-order valence-corrected chi connectivity index (χ4v) is 4.17. The zero-order valence-corrected chi connectivity index (χ0v) is 15.2. The highest BCUT2D eigenvalue weighted by molar-refractivity contribution is 5.39. The molecule has 1 fully saturated rings. The fraction of sp³-hybridized carbons (Fsp3) is 0.550. The van der Waals surface area contributed by atoms with E-state index in [-0.39, 0.29) is 5.60 Å². The zero-order valence-electron chi connectivity index (χ0n) is 15.2. The normalized spacial score (nSPS) is 22.6. The Kier molecular flexibility index (Phi) is 4.52. The monoisotopic (exact) mass is 340 g/mol. The van der Waals surface area contributed by atoms with Gasteiger partial charge in [-0.15, -0.1) is 0 Å². The average molecular weight is 340 g/mol. The fourth-order valence-electron chi connectivity index (χ4n) is 4.17. The van der Waals surface area contributed by atoms with Gasteiger partial charge in [-0.25, -0.2) is 4.98 Å². The molecule has 2 aromatic rings. The number of nitrogens with zero attached hydrogens (tertiary/aromatic N) is 3. The molecule has 1 spiro atoms. The van der Waals surface area contributed by atoms with E-state index in [0.717, 1.165) is 51.2 Å². The van der Waals surface area contributed by atoms with Crippen LogP contribution in [-0.2, 0) is 13.6 Å². The average Bonchev–Trinajstić information content (AvgIpc) is 3.05. The van der Waals surface area contributed by atoms with Crippen molar-refractivity contribution in [2.24, 2.45) is 7.05 Å². The Morgan fingerprint density at radius 1 is 1.28 bits per heavy atom. The molecular weight excluding hydrogens is 312 g/mol. The number of aromatic nitrogens is 2. The topological polar surface area (TPSA) is 42.3 Å². The van der Waals surface area contributed by atoms with Crippen LogP contribution in [0.3, 0.4) is 0 Å². The summed E-state index contributed by atoms with van der Waals surface area (Å²) in [5, 5.41) is 3.76. The molecule has 1 atom stereocenters. The van der Waals surface area contributed by atoms with Crippen LogP contribution in [-0.4, -0.2) is 39.7 Å². The maximum absolute atomic E-state index is 6.56. The molecule has 0 amide bonds. The van der Waals surface area contributed by atoms with Crippen molar-refractivity contribution in [3.05, 3.63) is 48.0 Å². The Morgan fingerprint density at radius 2 is 2.08 bits per heavy atom. The molecule has 2 aliphatic heterocycles. The third kappa shape index (κ3) is 3.31. The first-order chi connectivity index (χ1) is 12.2. The predicted molar refractivity (Wildman–Crippen MR) is 98.6 cm³/mol. The molecule has 134 valence electrons. The maximum Gasteiger partial charge on any atom is 0.124 e. The number of ether oxygens (including phenoxy) is 1. The van der Waals surface area contributed by atoms with Crippen LogP contribution < -0.4 is 10.1 Å². The van der Waals surface area contributed by atoms with Crippen LogP contribution in [0.4, 0.5) is 0 Å². The van der Waals surface area contributed by atoms with Crippen LogP contribution in [0.1, 0.15) is 43.5 Å². The highest BCUT2D eigenvalue weighted by Crippen LogP contribution is 2.44. The molecule has 25 heavy (non-hydrogen) atoms. The summed E-state index contributed by atoms with van der Waals surface area (Å²) in [6.45, 7) is 6.47. The zero-order chi connectivity index (χ0) is 17.3. The number of hydrogen-bond acceptors (Lipinski definition) is 4. The second-order valence-electron chi connectivity index (χ2n) is 7.39. The summed E-state index contributed by atoms with van der Waals surface area (Å²) in [7, 11) is 2.05. The first-order valence-corrected chi connectivity index (χ1v) is 9.38. The molecule has 1 N–H and O–H groups in total. The van der Waals surface area contributed by atoms with E-state index in [9.17, 15) is 0 Å². The summed E-state index contributed by atoms with van der Waals surface area (Å²) < 4.78 is 8.64. The van der Waals surface area contributed by atoms with Crippen molar-refractivity contribution in [1.82, 2.24) is 19.8 Å². The maximum atomic E-state index is 6.56. The molecule has 3 heterocycles. The third-order valence-electron chi connectivity index (χ3n) is 5.86. The van der Waals surface area contributed by atoms with E-state index in [1.807, 2.05) is 19.6 Å². The lowest BCUT2D eigenvalue weighted by Crippen LogP contribution is -2.51. The van der Waals surface area contributed by atoms with Crippen molar-refractivity contribution in [3.8, 4) is 5.75 Å². The Balaban J connectivity index is 1.54. The summed E-state index contributed by atoms with van der Waals surface area (Å²) in [6, 6.07) is 8.84. The molecule has 5 heteroatoms. The highest BCUT2D eigenvalue weighted by Gasteiger charge is 2.42. The minimum atomic E-state index is -0.0237. The minimum Gasteiger partial charge on any atom is -0.487 e. The highest BCUT2D eigenvalue weighted by atomic mass is 16.5. The number of imidazole rings is 1. The van der Waals surface area contributed by atoms with Crippen molar-refractivity contribution in [2.45, 2.75) is 44.4 Å². The molecule has 0 bridgehead atoms. The van der Waals surface area contributed by atoms with Gasteiger partial charge in [-0.1, -0.05) is 25.1 Å². The summed E-state index contributed by atoms with van der Waals surface area (Å²) in [4.78, 5) is 6.74. The third-order valence-corrected chi connectivity index (χ3v) is 5.86. The van der Waals surface area contributed by atoms with E-state index >= 15 is 0 Å². The molecule has 0 radical (unpaired) electrons. The van der Waals surface area contributed by atoms with Gasteiger partial charge in [0.1, 0.15) is 11.4 Å². The quantitative estimate of drug-likeness (QED) is 0.929. The smallest absolute Gasteiger partial charge is 0.124 e. The Labute approximate surface area is 150 Å². The van der Waals surface area contributed by atoms with Gasteiger partial charge in [0.2, 0.25) is 0 Å². The van der Waals surface area contributed by atoms with Gasteiger partial charge >= 0.3 is 0 Å². The molecule has 0 aliphatic carbocycles. The summed E-state index contributed by atoms with van der Waals surface area (Å²) in [5.74, 6) is 1.06. The lowest BCUT2D eigenvalue weighted by atomic mass is 9.80. The molecular formula is C20H28N4O. The summed E-state index contributed by atoms with van der Waals surface area (Å²) in [6.07, 6.45) is 7.06. The second-order valence-corrected chi connectivity index (χ2v) is 7.39. The van der Waals surface area contributed by atoms with Crippen molar-refractivity contribution >= 4 is 0 Å². The predicted octanol–water partition coefficient (Wildman–Crippen LogP) is 2.89. The number of benzene rings is 1. The number of nitrogens with one attached hydrogen (secondary N) is 1. The summed E-state index contributed by atoms with van der Waals surface area (Å²) in [5.41, 5.74) is 2.47. The van der Waals surface area contributed by atoms with Crippen LogP contribution in [0.2, 0.25) is 0 Å². The van der Waals surface area contributed by atoms with Crippen molar-refractivity contribution < 1.29 is 4.74 Å². The van der Waals surface area contributed by atoms with Gasteiger partial charge in [0.05, 0.1) is 12.0 Å². The van der Waals surface area contributed by atoms with Gasteiger partial charge in [-0.05, 0) is 25.5 Å². The van der Waals surface area contributed by atoms with Crippen molar-refractivity contribution in [3.63, 3.8) is 0 Å². The van der Waals surface area contributed by atoms with Crippen molar-refractivity contribution in [2.75, 3.05) is 19.6 Å². The molecule has 1 saturated heterocycles. The number of rotatable bonds is 4. The Morgan fingerprint density at radius 3 is 2.80 bits per heavy atom. The Bertz CT molecular complexity index is 718. The minimum absolute atomic E-state index is 0.0237. The molecule has 4 rings (SSSR count). The van der Waals surface area contributed by atoms with Crippen LogP contribution >= 0.6 is 0 Å². The first kappa shape index (κ1) is 16.6. The van der Waals surface area contributed by atoms with E-state index < -0.39 is 0 Å². The molecule has 1 aromatic heterocycles. The SMILES string of the molecule is CCN1CCC2(CC1)C[C@@H](NCc1cncn1C)c1ccccc1O2. The number of hydrogen-bond donors (Lipinski definition) is 1. The van der Waals surface area contributed by atoms with E-state index in [1.165, 1.54) is 11.3 Å². The van der Waals surface area contributed by atoms with Gasteiger partial charge in [0.15, 0.2) is 0 Å². The number of fused-ring (bicyclic) bond motifs is 1. The molecule has 5 nitrogen and oxygen atoms in total. The van der Waals surface area contributed by atoms with E-state index in [0.29, 0.717) is 6.04 Å². The number of piperidine rings is 1. The molecule has 0 unspecified atom stereocenters. The lowest BCUT2D eigenvalue weighted by molar-refractivity contribution is -0.0245. The second kappa shape index (κ2) is 6.81. The van der Waals surface area contributed by atoms with E-state index in [2.05, 4.69) is 51.0 Å². The van der Waals surface area contributed by atoms with Crippen molar-refractivity contribution in [1.29, 1.82) is 0 Å². The van der Waals surface area contributed by atoms with E-state index in [1.54, 1.807) is 0 Å². The van der Waals surface area contributed by atoms with E-state index in [4.69, 9.17) is 4.74 Å².